The Kier molecular flexibility index (Phi) is 11.0. The first-order valence-corrected chi connectivity index (χ1v) is 24.3. The van der Waals surface area contributed by atoms with E-state index in [0.29, 0.717) is 36.8 Å². The van der Waals surface area contributed by atoms with E-state index in [-0.39, 0.29) is 40.1 Å². The number of H-pyrrole nitrogens is 1. The second kappa shape index (κ2) is 16.4. The zero-order chi connectivity index (χ0) is 44.4. The van der Waals surface area contributed by atoms with E-state index in [1.165, 1.54) is 11.8 Å². The van der Waals surface area contributed by atoms with Crippen LogP contribution in [0.2, 0.25) is 0 Å². The first kappa shape index (κ1) is 42.8. The fourth-order valence-electron chi connectivity index (χ4n) is 10.7. The van der Waals surface area contributed by atoms with Crippen molar-refractivity contribution in [2.24, 2.45) is 11.3 Å². The number of morpholine rings is 1. The van der Waals surface area contributed by atoms with Crippen LogP contribution in [-0.2, 0) is 20.3 Å². The lowest BCUT2D eigenvalue weighted by atomic mass is 9.59. The minimum atomic E-state index is -4.63. The topological polar surface area (TPSA) is 205 Å². The highest BCUT2D eigenvalue weighted by Gasteiger charge is 2.66. The van der Waals surface area contributed by atoms with Crippen molar-refractivity contribution in [3.63, 3.8) is 0 Å². The van der Waals surface area contributed by atoms with Crippen LogP contribution in [0.5, 0.6) is 11.5 Å². The number of fused-ring (bicyclic) bond motifs is 2. The Morgan fingerprint density at radius 1 is 1.03 bits per heavy atom. The van der Waals surface area contributed by atoms with Gasteiger partial charge in [-0.05, 0) is 106 Å². The summed E-state index contributed by atoms with van der Waals surface area (Å²) in [5.74, 6) is -0.414. The predicted molar refractivity (Wildman–Crippen MR) is 243 cm³/mol. The summed E-state index contributed by atoms with van der Waals surface area (Å²) in [6.07, 6.45) is 12.5. The molecule has 10 rings (SSSR count). The molecule has 1 spiro atoms. The Labute approximate surface area is 379 Å². The van der Waals surface area contributed by atoms with E-state index in [1.54, 1.807) is 37.4 Å². The minimum absolute atomic E-state index is 0.0492. The second-order valence-electron chi connectivity index (χ2n) is 18.6. The highest BCUT2D eigenvalue weighted by atomic mass is 79.9. The third-order valence-corrected chi connectivity index (χ3v) is 16.5. The lowest BCUT2D eigenvalue weighted by molar-refractivity contribution is -0.384. The van der Waals surface area contributed by atoms with Crippen LogP contribution in [0.25, 0.3) is 11.0 Å². The fourth-order valence-corrected chi connectivity index (χ4v) is 12.3. The van der Waals surface area contributed by atoms with Gasteiger partial charge in [0.2, 0.25) is 5.82 Å². The smallest absolute Gasteiger partial charge is 0.312 e. The van der Waals surface area contributed by atoms with E-state index in [2.05, 4.69) is 75.0 Å². The third-order valence-electron chi connectivity index (χ3n) is 14.5. The van der Waals surface area contributed by atoms with Gasteiger partial charge in [-0.3, -0.25) is 19.8 Å². The van der Waals surface area contributed by atoms with Gasteiger partial charge in [-0.15, -0.1) is 0 Å². The number of carbonyl (C=O) groups is 1. The number of hydrogen-bond acceptors (Lipinski definition) is 13. The Bertz CT molecular complexity index is 2720. The molecule has 2 aromatic carbocycles. The molecule has 0 radical (unpaired) electrons. The number of aromatic nitrogens is 3. The molecule has 4 N–H and O–H groups in total. The number of aromatic amines is 1. The Morgan fingerprint density at radius 2 is 1.81 bits per heavy atom. The number of hydrogen-bond donors (Lipinski definition) is 4. The molecule has 3 aliphatic carbocycles. The average Bonchev–Trinajstić information content (AvgIpc) is 3.84. The lowest BCUT2D eigenvalue weighted by Gasteiger charge is -2.58. The molecule has 1 unspecified atom stereocenters. The maximum atomic E-state index is 14.0. The first-order valence-electron chi connectivity index (χ1n) is 22.0. The largest absolute Gasteiger partial charge is 0.455 e. The number of amides is 1. The number of halogens is 1. The van der Waals surface area contributed by atoms with Gasteiger partial charge in [0.1, 0.15) is 22.0 Å². The number of aliphatic hydroxyl groups is 1. The van der Waals surface area contributed by atoms with Crippen molar-refractivity contribution in [3.8, 4) is 11.5 Å². The van der Waals surface area contributed by atoms with Crippen molar-refractivity contribution < 1.29 is 32.7 Å². The van der Waals surface area contributed by atoms with Crippen molar-refractivity contribution in [1.82, 2.24) is 24.6 Å². The number of sulfonamides is 1. The predicted octanol–water partition coefficient (Wildman–Crippen LogP) is 7.64. The lowest BCUT2D eigenvalue weighted by Crippen LogP contribution is -2.60. The number of piperidine rings is 1. The van der Waals surface area contributed by atoms with E-state index < -0.39 is 37.0 Å². The number of pyridine rings is 2. The standard InChI is InChI=1S/C46H51BrN8O8S/c1-44(57)11-8-29(9-12-44)26-49-42-38(55(58)59)22-34(28-51-42)64(60,61)52-43(56)35-7-6-31(21-39(35)63-33-20-30-10-15-48-41(30)50-27-33)53-16-13-45(14-17-53)23-32(24-45)54-18-19-62-40-25-46(40,54)36-4-2-3-5-37(36)47/h2-7,10,15,20-22,27-29,32,40,57H,8-9,11-14,16-19,23-26H2,1H3,(H,48,50)(H,49,51)(H,52,56)/t29?,40?,44?,46-/m0/s1. The van der Waals surface area contributed by atoms with Crippen LogP contribution in [-0.4, -0.2) is 94.7 Å². The maximum absolute atomic E-state index is 14.0. The first-order chi connectivity index (χ1) is 30.7. The number of benzene rings is 2. The van der Waals surface area contributed by atoms with Crippen LogP contribution < -0.4 is 19.7 Å². The van der Waals surface area contributed by atoms with Crippen LogP contribution in [0.1, 0.15) is 80.6 Å². The minimum Gasteiger partial charge on any atom is -0.455 e. The van der Waals surface area contributed by atoms with Gasteiger partial charge in [0, 0.05) is 72.5 Å². The zero-order valence-electron chi connectivity index (χ0n) is 35.5. The van der Waals surface area contributed by atoms with E-state index in [4.69, 9.17) is 9.47 Å². The Balaban J connectivity index is 0.843. The number of carbonyl (C=O) groups excluding carboxylic acids is 1. The molecule has 5 heterocycles. The van der Waals surface area contributed by atoms with Gasteiger partial charge in [-0.25, -0.2) is 23.1 Å². The summed E-state index contributed by atoms with van der Waals surface area (Å²) in [5.41, 5.74) is 1.68. The van der Waals surface area contributed by atoms with Crippen LogP contribution in [0, 0.1) is 21.4 Å². The van der Waals surface area contributed by atoms with Gasteiger partial charge in [0.15, 0.2) is 0 Å². The Morgan fingerprint density at radius 3 is 2.58 bits per heavy atom. The molecule has 1 amide bonds. The van der Waals surface area contributed by atoms with Gasteiger partial charge in [0.05, 0.1) is 46.7 Å². The molecule has 3 aromatic heterocycles. The third kappa shape index (κ3) is 8.12. The molecule has 5 aliphatic rings. The van der Waals surface area contributed by atoms with E-state index in [1.807, 2.05) is 6.07 Å². The summed E-state index contributed by atoms with van der Waals surface area (Å²) in [4.78, 5) is 41.4. The molecule has 2 saturated heterocycles. The number of nitrogens with zero attached hydrogens (tertiary/aromatic N) is 5. The number of nitrogens with one attached hydrogen (secondary N) is 3. The summed E-state index contributed by atoms with van der Waals surface area (Å²) < 4.78 is 43.2. The normalized spacial score (nSPS) is 25.6. The molecule has 18 heteroatoms. The molecule has 0 bridgehead atoms. The molecule has 5 fully saturated rings. The summed E-state index contributed by atoms with van der Waals surface area (Å²) in [7, 11) is -4.63. The summed E-state index contributed by atoms with van der Waals surface area (Å²) in [6, 6.07) is 18.6. The van der Waals surface area contributed by atoms with Gasteiger partial charge in [0.25, 0.3) is 15.9 Å². The van der Waals surface area contributed by atoms with Crippen molar-refractivity contribution in [1.29, 1.82) is 0 Å². The summed E-state index contributed by atoms with van der Waals surface area (Å²) in [6.45, 7) is 5.47. The van der Waals surface area contributed by atoms with Crippen LogP contribution in [0.3, 0.4) is 0 Å². The molecular formula is C46H51BrN8O8S. The highest BCUT2D eigenvalue weighted by Crippen LogP contribution is 2.62. The molecule has 5 aromatic rings. The number of nitro groups is 1. The van der Waals surface area contributed by atoms with Crippen molar-refractivity contribution in [3.05, 3.63) is 105 Å². The average molecular weight is 956 g/mol. The van der Waals surface area contributed by atoms with Gasteiger partial charge in [-0.2, -0.15) is 0 Å². The van der Waals surface area contributed by atoms with Gasteiger partial charge < -0.3 is 29.8 Å². The molecule has 2 aliphatic heterocycles. The Hall–Kier alpha value is -5.14. The highest BCUT2D eigenvalue weighted by molar-refractivity contribution is 9.10. The number of rotatable bonds is 12. The maximum Gasteiger partial charge on any atom is 0.312 e. The monoisotopic (exact) mass is 954 g/mol. The molecule has 16 nitrogen and oxygen atoms in total. The van der Waals surface area contributed by atoms with Crippen LogP contribution in [0.4, 0.5) is 17.2 Å². The van der Waals surface area contributed by atoms with E-state index in [0.717, 1.165) is 99.0 Å². The van der Waals surface area contributed by atoms with Crippen LogP contribution in [0.15, 0.2) is 88.6 Å². The second-order valence-corrected chi connectivity index (χ2v) is 21.2. The van der Waals surface area contributed by atoms with Crippen molar-refractivity contribution >= 4 is 60.1 Å². The van der Waals surface area contributed by atoms with Gasteiger partial charge >= 0.3 is 5.69 Å². The zero-order valence-corrected chi connectivity index (χ0v) is 37.9. The molecule has 3 saturated carbocycles. The van der Waals surface area contributed by atoms with E-state index >= 15 is 0 Å². The summed E-state index contributed by atoms with van der Waals surface area (Å²) >= 11 is 3.82. The van der Waals surface area contributed by atoms with Crippen molar-refractivity contribution in [2.75, 3.05) is 43.0 Å². The van der Waals surface area contributed by atoms with Crippen LogP contribution >= 0.6 is 15.9 Å². The molecule has 2 atom stereocenters. The molecule has 64 heavy (non-hydrogen) atoms. The molecule has 336 valence electrons. The summed E-state index contributed by atoms with van der Waals surface area (Å²) in [5, 5.41) is 26.2. The fraction of sp³-hybridized carbons (Fsp3) is 0.457. The number of ether oxygens (including phenoxy) is 2. The SMILES string of the molecule is CC1(O)CCC(CNc2ncc(S(=O)(=O)NC(=O)c3ccc(N4CCC5(CC4)CC(N4CCOC6C[C@]64c4ccccc4Br)C5)cc3Oc3cnc4[nH]ccc4c3)cc2[N+](=O)[O-])CC1. The van der Waals surface area contributed by atoms with Crippen molar-refractivity contribution in [2.45, 2.75) is 92.9 Å². The quantitative estimate of drug-likeness (QED) is 0.0702. The number of anilines is 2. The molecular weight excluding hydrogens is 905 g/mol. The van der Waals surface area contributed by atoms with Gasteiger partial charge in [-0.1, -0.05) is 34.1 Å². The van der Waals surface area contributed by atoms with E-state index in [9.17, 15) is 28.4 Å².